The van der Waals surface area contributed by atoms with Gasteiger partial charge in [-0.2, -0.15) is 0 Å². The maximum atomic E-state index is 11.0. The summed E-state index contributed by atoms with van der Waals surface area (Å²) < 4.78 is 5.04. The fourth-order valence-electron chi connectivity index (χ4n) is 0.932. The summed E-state index contributed by atoms with van der Waals surface area (Å²) in [6.45, 7) is 3.36. The number of para-hydroxylation sites is 2. The molecule has 1 rings (SSSR count). The molecule has 0 fully saturated rings. The van der Waals surface area contributed by atoms with Gasteiger partial charge in [0.15, 0.2) is 0 Å². The van der Waals surface area contributed by atoms with Crippen molar-refractivity contribution in [2.75, 3.05) is 12.4 Å². The van der Waals surface area contributed by atoms with Crippen molar-refractivity contribution >= 4 is 11.6 Å². The van der Waals surface area contributed by atoms with Crippen molar-refractivity contribution in [3.8, 4) is 5.75 Å². The van der Waals surface area contributed by atoms with Crippen LogP contribution in [0.2, 0.25) is 0 Å². The monoisotopic (exact) mass is 177 g/mol. The summed E-state index contributed by atoms with van der Waals surface area (Å²) in [5.41, 5.74) is 0.648. The van der Waals surface area contributed by atoms with Crippen LogP contribution in [0.3, 0.4) is 0 Å². The van der Waals surface area contributed by atoms with E-state index < -0.39 is 0 Å². The number of nitrogens with one attached hydrogen (secondary N) is 1. The molecule has 0 bridgehead atoms. The minimum atomic E-state index is -0.246. The molecule has 0 saturated heterocycles. The van der Waals surface area contributed by atoms with E-state index in [1.165, 1.54) is 6.08 Å². The van der Waals surface area contributed by atoms with E-state index in [0.717, 1.165) is 0 Å². The van der Waals surface area contributed by atoms with Gasteiger partial charge in [0.05, 0.1) is 12.8 Å². The molecule has 1 aromatic rings. The lowest BCUT2D eigenvalue weighted by Crippen LogP contribution is -2.08. The summed E-state index contributed by atoms with van der Waals surface area (Å²) in [7, 11) is 1.55. The van der Waals surface area contributed by atoms with Gasteiger partial charge in [0.25, 0.3) is 0 Å². The minimum absolute atomic E-state index is 0.246. The normalized spacial score (nSPS) is 9.00. The predicted molar refractivity (Wildman–Crippen MR) is 51.8 cm³/mol. The zero-order chi connectivity index (χ0) is 9.68. The van der Waals surface area contributed by atoms with Crippen LogP contribution in [0.25, 0.3) is 0 Å². The summed E-state index contributed by atoms with van der Waals surface area (Å²) in [6, 6.07) is 7.20. The molecule has 1 N–H and O–H groups in total. The number of amides is 1. The molecule has 0 aromatic heterocycles. The van der Waals surface area contributed by atoms with Crippen LogP contribution in [0.1, 0.15) is 0 Å². The van der Waals surface area contributed by atoms with E-state index in [1.54, 1.807) is 19.2 Å². The first-order valence-corrected chi connectivity index (χ1v) is 3.84. The van der Waals surface area contributed by atoms with E-state index in [4.69, 9.17) is 4.74 Å². The van der Waals surface area contributed by atoms with Gasteiger partial charge < -0.3 is 10.1 Å². The van der Waals surface area contributed by atoms with Crippen LogP contribution in [0.15, 0.2) is 36.9 Å². The van der Waals surface area contributed by atoms with Gasteiger partial charge in [-0.3, -0.25) is 4.79 Å². The largest absolute Gasteiger partial charge is 0.495 e. The lowest BCUT2D eigenvalue weighted by molar-refractivity contribution is -0.111. The molecular weight excluding hydrogens is 166 g/mol. The van der Waals surface area contributed by atoms with Crippen molar-refractivity contribution in [3.63, 3.8) is 0 Å². The average Bonchev–Trinajstić information content (AvgIpc) is 2.18. The van der Waals surface area contributed by atoms with E-state index in [-0.39, 0.29) is 5.91 Å². The van der Waals surface area contributed by atoms with Crippen molar-refractivity contribution in [3.05, 3.63) is 36.9 Å². The fraction of sp³-hybridized carbons (Fsp3) is 0.100. The van der Waals surface area contributed by atoms with Crippen LogP contribution < -0.4 is 10.1 Å². The number of rotatable bonds is 3. The van der Waals surface area contributed by atoms with Gasteiger partial charge in [0.1, 0.15) is 5.75 Å². The maximum absolute atomic E-state index is 11.0. The fourth-order valence-corrected chi connectivity index (χ4v) is 0.932. The molecule has 13 heavy (non-hydrogen) atoms. The van der Waals surface area contributed by atoms with E-state index in [2.05, 4.69) is 11.9 Å². The van der Waals surface area contributed by atoms with Crippen molar-refractivity contribution in [1.82, 2.24) is 0 Å². The van der Waals surface area contributed by atoms with Gasteiger partial charge in [-0.25, -0.2) is 0 Å². The SMILES string of the molecule is C=CC(=O)Nc1ccccc1OC. The number of carbonyl (C=O) groups excluding carboxylic acids is 1. The molecule has 0 unspecified atom stereocenters. The molecule has 68 valence electrons. The number of ether oxygens (including phenoxy) is 1. The number of methoxy groups -OCH3 is 1. The molecule has 0 saturated carbocycles. The van der Waals surface area contributed by atoms with E-state index in [9.17, 15) is 4.79 Å². The standard InChI is InChI=1S/C10H11NO2/c1-3-10(12)11-8-6-4-5-7-9(8)13-2/h3-7H,1H2,2H3,(H,11,12). The van der Waals surface area contributed by atoms with Crippen LogP contribution in [0, 0.1) is 0 Å². The summed E-state index contributed by atoms with van der Waals surface area (Å²) in [6.07, 6.45) is 1.21. The van der Waals surface area contributed by atoms with Crippen LogP contribution in [0.5, 0.6) is 5.75 Å². The number of hydrogen-bond donors (Lipinski definition) is 1. The van der Waals surface area contributed by atoms with Crippen LogP contribution in [0.4, 0.5) is 5.69 Å². The first-order chi connectivity index (χ1) is 6.27. The predicted octanol–water partition coefficient (Wildman–Crippen LogP) is 1.82. The molecule has 0 heterocycles. The van der Waals surface area contributed by atoms with Crippen molar-refractivity contribution in [1.29, 1.82) is 0 Å². The smallest absolute Gasteiger partial charge is 0.247 e. The lowest BCUT2D eigenvalue weighted by Gasteiger charge is -2.07. The minimum Gasteiger partial charge on any atom is -0.495 e. The summed E-state index contributed by atoms with van der Waals surface area (Å²) in [4.78, 5) is 11.0. The molecule has 0 atom stereocenters. The van der Waals surface area contributed by atoms with Crippen LogP contribution >= 0.6 is 0 Å². The van der Waals surface area contributed by atoms with Gasteiger partial charge in [0.2, 0.25) is 5.91 Å². The molecule has 1 aromatic carbocycles. The van der Waals surface area contributed by atoms with Gasteiger partial charge in [0, 0.05) is 0 Å². The maximum Gasteiger partial charge on any atom is 0.247 e. The van der Waals surface area contributed by atoms with Crippen LogP contribution in [-0.4, -0.2) is 13.0 Å². The third kappa shape index (κ3) is 2.33. The zero-order valence-electron chi connectivity index (χ0n) is 7.41. The second-order valence-electron chi connectivity index (χ2n) is 2.39. The molecule has 3 heteroatoms. The summed E-state index contributed by atoms with van der Waals surface area (Å²) >= 11 is 0. The highest BCUT2D eigenvalue weighted by molar-refractivity contribution is 5.99. The second kappa shape index (κ2) is 4.30. The Labute approximate surface area is 77.0 Å². The van der Waals surface area contributed by atoms with Crippen LogP contribution in [-0.2, 0) is 4.79 Å². The lowest BCUT2D eigenvalue weighted by atomic mass is 10.3. The van der Waals surface area contributed by atoms with Gasteiger partial charge in [-0.1, -0.05) is 18.7 Å². The molecule has 1 amide bonds. The Morgan fingerprint density at radius 2 is 2.23 bits per heavy atom. The second-order valence-corrected chi connectivity index (χ2v) is 2.39. The molecule has 0 aliphatic carbocycles. The number of anilines is 1. The van der Waals surface area contributed by atoms with Gasteiger partial charge in [-0.05, 0) is 18.2 Å². The Bertz CT molecular complexity index is 320. The summed E-state index contributed by atoms with van der Waals surface area (Å²) in [5, 5.41) is 2.63. The number of benzene rings is 1. The summed E-state index contributed by atoms with van der Waals surface area (Å²) in [5.74, 6) is 0.391. The third-order valence-electron chi connectivity index (χ3n) is 1.55. The van der Waals surface area contributed by atoms with Crippen molar-refractivity contribution in [2.24, 2.45) is 0 Å². The highest BCUT2D eigenvalue weighted by Crippen LogP contribution is 2.22. The molecule has 3 nitrogen and oxygen atoms in total. The van der Waals surface area contributed by atoms with E-state index >= 15 is 0 Å². The first-order valence-electron chi connectivity index (χ1n) is 3.84. The van der Waals surface area contributed by atoms with Crippen molar-refractivity contribution < 1.29 is 9.53 Å². The zero-order valence-corrected chi connectivity index (χ0v) is 7.41. The molecule has 0 aliphatic heterocycles. The molecule has 0 spiro atoms. The average molecular weight is 177 g/mol. The number of hydrogen-bond acceptors (Lipinski definition) is 2. The van der Waals surface area contributed by atoms with Gasteiger partial charge in [-0.15, -0.1) is 0 Å². The Balaban J connectivity index is 2.86. The van der Waals surface area contributed by atoms with E-state index in [1.807, 2.05) is 12.1 Å². The van der Waals surface area contributed by atoms with Gasteiger partial charge >= 0.3 is 0 Å². The highest BCUT2D eigenvalue weighted by Gasteiger charge is 2.02. The Morgan fingerprint density at radius 3 is 2.85 bits per heavy atom. The topological polar surface area (TPSA) is 38.3 Å². The molecule has 0 aliphatic rings. The molecule has 0 radical (unpaired) electrons. The third-order valence-corrected chi connectivity index (χ3v) is 1.55. The van der Waals surface area contributed by atoms with Crippen molar-refractivity contribution in [2.45, 2.75) is 0 Å². The quantitative estimate of drug-likeness (QED) is 0.715. The first kappa shape index (κ1) is 9.32. The number of carbonyl (C=O) groups is 1. The Hall–Kier alpha value is -1.77. The Kier molecular flexibility index (Phi) is 3.09. The molecular formula is C10H11NO2. The van der Waals surface area contributed by atoms with E-state index in [0.29, 0.717) is 11.4 Å². The highest BCUT2D eigenvalue weighted by atomic mass is 16.5. The Morgan fingerprint density at radius 1 is 1.54 bits per heavy atom.